The molecule has 1 aliphatic carbocycles. The Hall–Kier alpha value is -2.68. The summed E-state index contributed by atoms with van der Waals surface area (Å²) in [5.41, 5.74) is -0.897. The summed E-state index contributed by atoms with van der Waals surface area (Å²) in [7, 11) is 0. The fraction of sp³-hybridized carbons (Fsp3) is 0.476. The lowest BCUT2D eigenvalue weighted by Gasteiger charge is -2.31. The third kappa shape index (κ3) is 4.56. The minimum atomic E-state index is -4.59. The number of aliphatic hydroxyl groups excluding tert-OH is 1. The summed E-state index contributed by atoms with van der Waals surface area (Å²) in [5.74, 6) is -0.0244. The third-order valence-electron chi connectivity index (χ3n) is 5.05. The number of carbonyl (C=O) groups is 1. The highest BCUT2D eigenvalue weighted by atomic mass is 19.4. The van der Waals surface area contributed by atoms with Gasteiger partial charge in [0.1, 0.15) is 11.2 Å². The van der Waals surface area contributed by atoms with Crippen molar-refractivity contribution in [3.05, 3.63) is 36.1 Å². The van der Waals surface area contributed by atoms with Crippen LogP contribution in [-0.4, -0.2) is 31.7 Å². The van der Waals surface area contributed by atoms with E-state index in [-0.39, 0.29) is 35.4 Å². The molecule has 0 saturated heterocycles. The van der Waals surface area contributed by atoms with Gasteiger partial charge in [-0.25, -0.2) is 9.97 Å². The number of fused-ring (bicyclic) bond motifs is 1. The molecule has 6 nitrogen and oxygen atoms in total. The van der Waals surface area contributed by atoms with Crippen molar-refractivity contribution in [2.24, 2.45) is 11.3 Å². The van der Waals surface area contributed by atoms with Crippen molar-refractivity contribution in [2.75, 3.05) is 5.32 Å². The molecule has 0 fully saturated rings. The summed E-state index contributed by atoms with van der Waals surface area (Å²) in [6.45, 7) is 7.58. The zero-order chi connectivity index (χ0) is 22.3. The topological polar surface area (TPSA) is 80.0 Å². The van der Waals surface area contributed by atoms with Gasteiger partial charge in [-0.1, -0.05) is 33.8 Å². The molecule has 1 amide bonds. The van der Waals surface area contributed by atoms with E-state index in [1.807, 2.05) is 13.8 Å². The van der Waals surface area contributed by atoms with Gasteiger partial charge in [-0.2, -0.15) is 13.2 Å². The number of amides is 1. The molecule has 2 N–H and O–H groups in total. The number of nitrogens with zero attached hydrogens (tertiary/aromatic N) is 3. The van der Waals surface area contributed by atoms with Crippen LogP contribution < -0.4 is 5.32 Å². The summed E-state index contributed by atoms with van der Waals surface area (Å²) in [4.78, 5) is 20.7. The highest BCUT2D eigenvalue weighted by Crippen LogP contribution is 2.33. The van der Waals surface area contributed by atoms with Crippen molar-refractivity contribution in [1.29, 1.82) is 0 Å². The third-order valence-corrected chi connectivity index (χ3v) is 5.05. The van der Waals surface area contributed by atoms with Gasteiger partial charge in [0.25, 0.3) is 0 Å². The average Bonchev–Trinajstić information content (AvgIpc) is 2.88. The number of aromatic nitrogens is 3. The molecule has 0 bridgehead atoms. The molecule has 9 heteroatoms. The molecule has 1 aliphatic rings. The number of aliphatic hydroxyl groups is 1. The largest absolute Gasteiger partial charge is 0.433 e. The van der Waals surface area contributed by atoms with Gasteiger partial charge in [0.2, 0.25) is 11.9 Å². The summed E-state index contributed by atoms with van der Waals surface area (Å²) < 4.78 is 40.7. The number of hydrogen-bond acceptors (Lipinski definition) is 4. The van der Waals surface area contributed by atoms with Crippen LogP contribution in [0.5, 0.6) is 0 Å². The fourth-order valence-electron chi connectivity index (χ4n) is 3.24. The molecule has 30 heavy (non-hydrogen) atoms. The molecule has 3 rings (SSSR count). The zero-order valence-corrected chi connectivity index (χ0v) is 17.3. The lowest BCUT2D eigenvalue weighted by atomic mass is 9.79. The molecule has 0 aliphatic heterocycles. The first-order valence-corrected chi connectivity index (χ1v) is 9.72. The number of allylic oxidation sites excluding steroid dienone is 4. The van der Waals surface area contributed by atoms with E-state index in [0.717, 1.165) is 6.07 Å². The van der Waals surface area contributed by atoms with Crippen LogP contribution in [0.3, 0.4) is 0 Å². The van der Waals surface area contributed by atoms with Crippen LogP contribution in [0.15, 0.2) is 30.4 Å². The molecule has 1 unspecified atom stereocenters. The Labute approximate surface area is 172 Å². The quantitative estimate of drug-likeness (QED) is 0.682. The Morgan fingerprint density at radius 2 is 1.90 bits per heavy atom. The smallest absolute Gasteiger partial charge is 0.393 e. The van der Waals surface area contributed by atoms with Crippen LogP contribution in [0, 0.1) is 11.3 Å². The van der Waals surface area contributed by atoms with Crippen molar-refractivity contribution in [1.82, 2.24) is 14.5 Å². The van der Waals surface area contributed by atoms with Gasteiger partial charge in [0.15, 0.2) is 5.65 Å². The number of carbonyl (C=O) groups excluding carboxylic acids is 1. The Morgan fingerprint density at radius 1 is 1.23 bits per heavy atom. The van der Waals surface area contributed by atoms with E-state index < -0.39 is 23.4 Å². The first-order valence-electron chi connectivity index (χ1n) is 9.72. The van der Waals surface area contributed by atoms with Crippen LogP contribution in [0.25, 0.3) is 16.9 Å². The molecule has 1 atom stereocenters. The molecule has 0 radical (unpaired) electrons. The second-order valence-corrected chi connectivity index (χ2v) is 8.62. The van der Waals surface area contributed by atoms with E-state index in [1.54, 1.807) is 32.1 Å². The Morgan fingerprint density at radius 3 is 2.43 bits per heavy atom. The maximum Gasteiger partial charge on any atom is 0.433 e. The van der Waals surface area contributed by atoms with E-state index in [0.29, 0.717) is 12.1 Å². The van der Waals surface area contributed by atoms with E-state index in [4.69, 9.17) is 0 Å². The SMILES string of the molecule is CC(C)CC(O)C(C)(C)CC(=O)Nc1nc2ccc(C(F)(F)F)nc2n1C1=CC=C1. The molecular formula is C21H25F3N4O2. The molecule has 0 saturated carbocycles. The van der Waals surface area contributed by atoms with Gasteiger partial charge in [-0.3, -0.25) is 14.7 Å². The fourth-order valence-corrected chi connectivity index (χ4v) is 3.24. The highest BCUT2D eigenvalue weighted by molar-refractivity contribution is 5.94. The summed E-state index contributed by atoms with van der Waals surface area (Å²) in [6.07, 6.45) is 0.430. The number of nitrogens with one attached hydrogen (secondary N) is 1. The average molecular weight is 422 g/mol. The van der Waals surface area contributed by atoms with E-state index in [9.17, 15) is 23.1 Å². The number of alkyl halides is 3. The van der Waals surface area contributed by atoms with Crippen LogP contribution >= 0.6 is 0 Å². The maximum absolute atomic E-state index is 13.1. The number of hydrogen-bond donors (Lipinski definition) is 2. The zero-order valence-electron chi connectivity index (χ0n) is 17.3. The summed E-state index contributed by atoms with van der Waals surface area (Å²) in [5, 5.41) is 13.1. The van der Waals surface area contributed by atoms with Crippen LogP contribution in [0.1, 0.15) is 46.2 Å². The molecule has 2 aromatic heterocycles. The van der Waals surface area contributed by atoms with Crippen molar-refractivity contribution in [3.63, 3.8) is 0 Å². The van der Waals surface area contributed by atoms with Crippen molar-refractivity contribution >= 4 is 28.7 Å². The van der Waals surface area contributed by atoms with Gasteiger partial charge in [0, 0.05) is 6.42 Å². The molecule has 162 valence electrons. The Bertz CT molecular complexity index is 1020. The number of pyridine rings is 1. The van der Waals surface area contributed by atoms with Crippen molar-refractivity contribution < 1.29 is 23.1 Å². The number of halogens is 3. The lowest BCUT2D eigenvalue weighted by molar-refractivity contribution is -0.141. The van der Waals surface area contributed by atoms with E-state index >= 15 is 0 Å². The maximum atomic E-state index is 13.1. The van der Waals surface area contributed by atoms with Crippen molar-refractivity contribution in [3.8, 4) is 0 Å². The van der Waals surface area contributed by atoms with E-state index in [2.05, 4.69) is 15.3 Å². The van der Waals surface area contributed by atoms with Gasteiger partial charge in [-0.15, -0.1) is 0 Å². The molecule has 2 heterocycles. The second-order valence-electron chi connectivity index (χ2n) is 8.62. The highest BCUT2D eigenvalue weighted by Gasteiger charge is 2.34. The van der Waals surface area contributed by atoms with Gasteiger partial charge >= 0.3 is 6.18 Å². The first-order chi connectivity index (χ1) is 13.9. The van der Waals surface area contributed by atoms with Gasteiger partial charge in [0.05, 0.1) is 11.8 Å². The molecule has 0 spiro atoms. The van der Waals surface area contributed by atoms with Crippen LogP contribution in [-0.2, 0) is 11.0 Å². The predicted molar refractivity (Wildman–Crippen MR) is 108 cm³/mol. The summed E-state index contributed by atoms with van der Waals surface area (Å²) in [6, 6.07) is 2.10. The summed E-state index contributed by atoms with van der Waals surface area (Å²) >= 11 is 0. The van der Waals surface area contributed by atoms with Crippen LogP contribution in [0.4, 0.5) is 19.1 Å². The van der Waals surface area contributed by atoms with Gasteiger partial charge < -0.3 is 5.11 Å². The predicted octanol–water partition coefficient (Wildman–Crippen LogP) is 4.62. The van der Waals surface area contributed by atoms with Crippen molar-refractivity contribution in [2.45, 2.75) is 52.8 Å². The lowest BCUT2D eigenvalue weighted by Crippen LogP contribution is -2.34. The second kappa shape index (κ2) is 7.86. The number of imidazole rings is 1. The van der Waals surface area contributed by atoms with E-state index in [1.165, 1.54) is 10.6 Å². The normalized spacial score (nSPS) is 15.3. The monoisotopic (exact) mass is 422 g/mol. The Kier molecular flexibility index (Phi) is 5.77. The molecule has 2 aromatic rings. The Balaban J connectivity index is 1.89. The minimum Gasteiger partial charge on any atom is -0.393 e. The van der Waals surface area contributed by atoms with Gasteiger partial charge in [-0.05, 0) is 42.0 Å². The number of anilines is 1. The molecular weight excluding hydrogens is 397 g/mol. The standard InChI is InChI=1S/C21H25F3N4O2/c1-12(2)10-16(29)20(3,4)11-17(30)27-19-25-14-8-9-15(21(22,23)24)26-18(14)28(19)13-6-5-7-13/h5-9,12,16,29H,10-11H2,1-4H3,(H,25,27,30). The molecule has 0 aromatic carbocycles. The number of rotatable bonds is 7. The first kappa shape index (κ1) is 22.0. The van der Waals surface area contributed by atoms with Crippen LogP contribution in [0.2, 0.25) is 0 Å². The minimum absolute atomic E-state index is 0.00910.